The molecular weight excluding hydrogens is 291 g/mol. The summed E-state index contributed by atoms with van der Waals surface area (Å²) in [4.78, 5) is 14.8. The van der Waals surface area contributed by atoms with Crippen molar-refractivity contribution in [2.75, 3.05) is 13.1 Å². The van der Waals surface area contributed by atoms with Crippen LogP contribution in [0.25, 0.3) is 0 Å². The molecule has 23 heavy (non-hydrogen) atoms. The smallest absolute Gasteiger partial charge is 0.242 e. The van der Waals surface area contributed by atoms with Crippen LogP contribution in [0.5, 0.6) is 0 Å². The normalized spacial score (nSPS) is 20.7. The average molecular weight is 318 g/mol. The van der Waals surface area contributed by atoms with Gasteiger partial charge >= 0.3 is 0 Å². The second-order valence-electron chi connectivity index (χ2n) is 7.54. The van der Waals surface area contributed by atoms with E-state index >= 15 is 0 Å². The first-order valence-corrected chi connectivity index (χ1v) is 8.79. The molecule has 0 aromatic heterocycles. The first-order chi connectivity index (χ1) is 11.0. The minimum atomic E-state index is -0.655. The Hall–Kier alpha value is -1.42. The zero-order chi connectivity index (χ0) is 16.5. The second kappa shape index (κ2) is 6.23. The van der Waals surface area contributed by atoms with Crippen LogP contribution in [0.4, 0.5) is 4.39 Å². The van der Waals surface area contributed by atoms with Gasteiger partial charge < -0.3 is 10.6 Å². The van der Waals surface area contributed by atoms with Gasteiger partial charge in [0.15, 0.2) is 0 Å². The van der Waals surface area contributed by atoms with Crippen LogP contribution in [-0.2, 0) is 11.2 Å². The summed E-state index contributed by atoms with van der Waals surface area (Å²) < 4.78 is 13.3. The fourth-order valence-electron chi connectivity index (χ4n) is 4.32. The molecule has 0 radical (unpaired) electrons. The maximum absolute atomic E-state index is 13.3. The summed E-state index contributed by atoms with van der Waals surface area (Å²) >= 11 is 0. The second-order valence-corrected chi connectivity index (χ2v) is 7.54. The molecule has 1 amide bonds. The Morgan fingerprint density at radius 2 is 2.04 bits per heavy atom. The van der Waals surface area contributed by atoms with E-state index in [0.29, 0.717) is 18.4 Å². The lowest BCUT2D eigenvalue weighted by atomic mass is 9.48. The Bertz CT molecular complexity index is 574. The van der Waals surface area contributed by atoms with Crippen molar-refractivity contribution < 1.29 is 9.18 Å². The molecule has 0 unspecified atom stereocenters. The summed E-state index contributed by atoms with van der Waals surface area (Å²) in [7, 11) is 0. The molecule has 1 spiro atoms. The molecule has 2 fully saturated rings. The third-order valence-corrected chi connectivity index (χ3v) is 5.56. The van der Waals surface area contributed by atoms with Gasteiger partial charge in [0.05, 0.1) is 5.54 Å². The molecule has 4 heteroatoms. The van der Waals surface area contributed by atoms with Crippen LogP contribution in [-0.4, -0.2) is 29.4 Å². The van der Waals surface area contributed by atoms with E-state index in [0.717, 1.165) is 31.4 Å². The van der Waals surface area contributed by atoms with E-state index < -0.39 is 5.54 Å². The molecule has 2 N–H and O–H groups in total. The van der Waals surface area contributed by atoms with Crippen LogP contribution in [0.1, 0.15) is 51.0 Å². The molecule has 1 aromatic rings. The predicted molar refractivity (Wildman–Crippen MR) is 89.4 cm³/mol. The van der Waals surface area contributed by atoms with Crippen LogP contribution in [0.15, 0.2) is 24.3 Å². The minimum absolute atomic E-state index is 0.0910. The molecule has 0 saturated heterocycles. The van der Waals surface area contributed by atoms with Crippen LogP contribution < -0.4 is 5.73 Å². The van der Waals surface area contributed by atoms with Crippen LogP contribution in [0.3, 0.4) is 0 Å². The zero-order valence-electron chi connectivity index (χ0n) is 14.0. The average Bonchev–Trinajstić information content (AvgIpc) is 2.45. The van der Waals surface area contributed by atoms with Crippen molar-refractivity contribution in [3.8, 4) is 0 Å². The Labute approximate surface area is 138 Å². The van der Waals surface area contributed by atoms with Gasteiger partial charge in [0.25, 0.3) is 0 Å². The van der Waals surface area contributed by atoms with E-state index in [9.17, 15) is 9.18 Å². The van der Waals surface area contributed by atoms with Crippen molar-refractivity contribution in [2.24, 2.45) is 11.1 Å². The first kappa shape index (κ1) is 16.4. The van der Waals surface area contributed by atoms with E-state index in [1.807, 2.05) is 11.0 Å². The van der Waals surface area contributed by atoms with Crippen molar-refractivity contribution in [1.82, 2.24) is 4.90 Å². The molecule has 3 rings (SSSR count). The summed E-state index contributed by atoms with van der Waals surface area (Å²) in [5.74, 6) is -0.134. The van der Waals surface area contributed by atoms with E-state index in [-0.39, 0.29) is 11.7 Å². The van der Waals surface area contributed by atoms with Gasteiger partial charge in [-0.15, -0.1) is 0 Å². The standard InChI is InChI=1S/C19H27FN2O/c1-2-10-22(11-7-15-5-3-6-16(20)12-15)17(23)19(21)13-18(14-19)8-4-9-18/h3,5-6,12H,2,4,7-11,13-14,21H2,1H3. The van der Waals surface area contributed by atoms with Gasteiger partial charge in [-0.3, -0.25) is 4.79 Å². The van der Waals surface area contributed by atoms with Crippen LogP contribution in [0, 0.1) is 11.2 Å². The van der Waals surface area contributed by atoms with Gasteiger partial charge in [0.2, 0.25) is 5.91 Å². The van der Waals surface area contributed by atoms with E-state index in [2.05, 4.69) is 6.92 Å². The quantitative estimate of drug-likeness (QED) is 0.875. The lowest BCUT2D eigenvalue weighted by molar-refractivity contribution is -0.151. The SMILES string of the molecule is CCCN(CCc1cccc(F)c1)C(=O)C1(N)CC2(CCC2)C1. The molecule has 3 nitrogen and oxygen atoms in total. The number of rotatable bonds is 6. The fraction of sp³-hybridized carbons (Fsp3) is 0.632. The molecule has 2 aliphatic carbocycles. The largest absolute Gasteiger partial charge is 0.341 e. The van der Waals surface area contributed by atoms with Gasteiger partial charge in [-0.25, -0.2) is 4.39 Å². The number of hydrogen-bond acceptors (Lipinski definition) is 2. The maximum atomic E-state index is 13.3. The highest BCUT2D eigenvalue weighted by Gasteiger charge is 2.59. The highest BCUT2D eigenvalue weighted by atomic mass is 19.1. The number of amides is 1. The topological polar surface area (TPSA) is 46.3 Å². The molecule has 0 atom stereocenters. The number of benzene rings is 1. The first-order valence-electron chi connectivity index (χ1n) is 8.79. The molecule has 0 aliphatic heterocycles. The van der Waals surface area contributed by atoms with Crippen LogP contribution in [0.2, 0.25) is 0 Å². The van der Waals surface area contributed by atoms with E-state index in [1.54, 1.807) is 12.1 Å². The van der Waals surface area contributed by atoms with Crippen molar-refractivity contribution in [3.05, 3.63) is 35.6 Å². The van der Waals surface area contributed by atoms with E-state index in [4.69, 9.17) is 5.73 Å². The van der Waals surface area contributed by atoms with Gasteiger partial charge in [0.1, 0.15) is 5.82 Å². The third-order valence-electron chi connectivity index (χ3n) is 5.56. The Morgan fingerprint density at radius 1 is 1.30 bits per heavy atom. The summed E-state index contributed by atoms with van der Waals surface area (Å²) in [6.07, 6.45) is 7.02. The molecule has 0 bridgehead atoms. The number of nitrogens with two attached hydrogens (primary N) is 1. The summed E-state index contributed by atoms with van der Waals surface area (Å²) in [6, 6.07) is 6.61. The number of carbonyl (C=O) groups excluding carboxylic acids is 1. The highest BCUT2D eigenvalue weighted by Crippen LogP contribution is 2.59. The Kier molecular flexibility index (Phi) is 4.45. The summed E-state index contributed by atoms with van der Waals surface area (Å²) in [5, 5.41) is 0. The molecule has 0 heterocycles. The Balaban J connectivity index is 1.60. The number of nitrogens with zero attached hydrogens (tertiary/aromatic N) is 1. The van der Waals surface area contributed by atoms with Gasteiger partial charge in [-0.2, -0.15) is 0 Å². The molecule has 126 valence electrons. The highest BCUT2D eigenvalue weighted by molar-refractivity contribution is 5.87. The lowest BCUT2D eigenvalue weighted by Gasteiger charge is -2.59. The molecular formula is C19H27FN2O. The number of hydrogen-bond donors (Lipinski definition) is 1. The Morgan fingerprint density at radius 3 is 2.61 bits per heavy atom. The molecule has 2 aliphatic rings. The van der Waals surface area contributed by atoms with Gasteiger partial charge in [0, 0.05) is 13.1 Å². The van der Waals surface area contributed by atoms with Gasteiger partial charge in [-0.05, 0) is 61.6 Å². The minimum Gasteiger partial charge on any atom is -0.341 e. The van der Waals surface area contributed by atoms with Crippen molar-refractivity contribution >= 4 is 5.91 Å². The zero-order valence-corrected chi connectivity index (χ0v) is 14.0. The monoisotopic (exact) mass is 318 g/mol. The maximum Gasteiger partial charge on any atom is 0.242 e. The fourth-order valence-corrected chi connectivity index (χ4v) is 4.32. The van der Waals surface area contributed by atoms with Crippen molar-refractivity contribution in [3.63, 3.8) is 0 Å². The summed E-state index contributed by atoms with van der Waals surface area (Å²) in [5.41, 5.74) is 7.05. The predicted octanol–water partition coefficient (Wildman–Crippen LogP) is 3.27. The number of halogens is 1. The van der Waals surface area contributed by atoms with Gasteiger partial charge in [-0.1, -0.05) is 25.5 Å². The lowest BCUT2D eigenvalue weighted by Crippen LogP contribution is -2.68. The van der Waals surface area contributed by atoms with Crippen LogP contribution >= 0.6 is 0 Å². The number of carbonyl (C=O) groups is 1. The van der Waals surface area contributed by atoms with Crippen molar-refractivity contribution in [2.45, 2.75) is 57.4 Å². The molecule has 2 saturated carbocycles. The third kappa shape index (κ3) is 3.27. The van der Waals surface area contributed by atoms with E-state index in [1.165, 1.54) is 25.3 Å². The summed E-state index contributed by atoms with van der Waals surface area (Å²) in [6.45, 7) is 3.40. The molecule has 1 aromatic carbocycles. The van der Waals surface area contributed by atoms with Crippen molar-refractivity contribution in [1.29, 1.82) is 0 Å².